The molecule has 1 amide bonds. The van der Waals surface area contributed by atoms with Gasteiger partial charge in [0.2, 0.25) is 0 Å². The van der Waals surface area contributed by atoms with Crippen molar-refractivity contribution < 1.29 is 9.53 Å². The van der Waals surface area contributed by atoms with Gasteiger partial charge in [-0.3, -0.25) is 0 Å². The Balaban J connectivity index is 1.90. The van der Waals surface area contributed by atoms with Crippen molar-refractivity contribution in [3.8, 4) is 0 Å². The Morgan fingerprint density at radius 2 is 2.22 bits per heavy atom. The molecule has 0 aliphatic heterocycles. The maximum Gasteiger partial charge on any atom is 0.407 e. The van der Waals surface area contributed by atoms with E-state index in [4.69, 9.17) is 16.3 Å². The Morgan fingerprint density at radius 1 is 1.48 bits per heavy atom. The van der Waals surface area contributed by atoms with Gasteiger partial charge in [0.05, 0.1) is 5.69 Å². The Morgan fingerprint density at radius 3 is 2.91 bits per heavy atom. The number of ether oxygens (including phenoxy) is 1. The molecular formula is C16H23BrClN3O2. The molecule has 23 heavy (non-hydrogen) atoms. The van der Waals surface area contributed by atoms with Crippen molar-refractivity contribution >= 4 is 39.3 Å². The molecule has 2 unspecified atom stereocenters. The van der Waals surface area contributed by atoms with Crippen LogP contribution in [-0.2, 0) is 4.74 Å². The van der Waals surface area contributed by atoms with Gasteiger partial charge in [-0.05, 0) is 61.5 Å². The molecular weight excluding hydrogens is 382 g/mol. The van der Waals surface area contributed by atoms with Gasteiger partial charge in [-0.1, -0.05) is 18.0 Å². The first-order chi connectivity index (χ1) is 10.7. The third-order valence-corrected chi connectivity index (χ3v) is 4.45. The number of nitrogens with one attached hydrogen (secondary N) is 2. The number of hydrogen-bond acceptors (Lipinski definition) is 4. The van der Waals surface area contributed by atoms with Crippen LogP contribution in [0.4, 0.5) is 10.5 Å². The van der Waals surface area contributed by atoms with Crippen molar-refractivity contribution in [2.45, 2.75) is 51.7 Å². The summed E-state index contributed by atoms with van der Waals surface area (Å²) in [5.74, 6) is 0.345. The maximum absolute atomic E-state index is 11.8. The molecule has 1 aliphatic rings. The van der Waals surface area contributed by atoms with Crippen molar-refractivity contribution in [1.29, 1.82) is 0 Å². The zero-order valence-corrected chi connectivity index (χ0v) is 16.0. The summed E-state index contributed by atoms with van der Waals surface area (Å²) in [4.78, 5) is 15.9. The van der Waals surface area contributed by atoms with Crippen LogP contribution < -0.4 is 10.6 Å². The highest BCUT2D eigenvalue weighted by atomic mass is 79.9. The lowest BCUT2D eigenvalue weighted by Crippen LogP contribution is -2.38. The number of amides is 1. The number of hydrogen-bond donors (Lipinski definition) is 2. The predicted molar refractivity (Wildman–Crippen MR) is 95.9 cm³/mol. The average molecular weight is 405 g/mol. The lowest BCUT2D eigenvalue weighted by atomic mass is 10.0. The van der Waals surface area contributed by atoms with Gasteiger partial charge >= 0.3 is 6.09 Å². The van der Waals surface area contributed by atoms with Gasteiger partial charge in [-0.15, -0.1) is 0 Å². The quantitative estimate of drug-likeness (QED) is 0.720. The number of aromatic nitrogens is 1. The van der Waals surface area contributed by atoms with Crippen molar-refractivity contribution in [3.63, 3.8) is 0 Å². The highest BCUT2D eigenvalue weighted by Crippen LogP contribution is 2.31. The minimum absolute atomic E-state index is 0.263. The summed E-state index contributed by atoms with van der Waals surface area (Å²) in [6.07, 6.45) is 4.53. The van der Waals surface area contributed by atoms with Gasteiger partial charge in [0, 0.05) is 23.3 Å². The fraction of sp³-hybridized carbons (Fsp3) is 0.625. The molecule has 1 heterocycles. The topological polar surface area (TPSA) is 63.2 Å². The smallest absolute Gasteiger partial charge is 0.407 e. The van der Waals surface area contributed by atoms with E-state index in [-0.39, 0.29) is 12.1 Å². The monoisotopic (exact) mass is 403 g/mol. The zero-order chi connectivity index (χ0) is 17.0. The van der Waals surface area contributed by atoms with E-state index in [1.165, 1.54) is 0 Å². The van der Waals surface area contributed by atoms with E-state index in [1.807, 2.05) is 26.8 Å². The van der Waals surface area contributed by atoms with Gasteiger partial charge in [-0.25, -0.2) is 9.78 Å². The SMILES string of the molecule is CC(C)(C)OC(=O)NCC1CCCC1Nc1cc(Br)cnc1Cl. The lowest BCUT2D eigenvalue weighted by molar-refractivity contribution is 0.0519. The van der Waals surface area contributed by atoms with Gasteiger partial charge in [0.15, 0.2) is 5.15 Å². The normalized spacial score (nSPS) is 21.1. The van der Waals surface area contributed by atoms with Crippen molar-refractivity contribution in [2.75, 3.05) is 11.9 Å². The molecule has 0 saturated heterocycles. The van der Waals surface area contributed by atoms with E-state index in [1.54, 1.807) is 6.20 Å². The largest absolute Gasteiger partial charge is 0.444 e. The molecule has 0 radical (unpaired) electrons. The maximum atomic E-state index is 11.8. The molecule has 2 N–H and O–H groups in total. The van der Waals surface area contributed by atoms with Crippen molar-refractivity contribution in [1.82, 2.24) is 10.3 Å². The fourth-order valence-corrected chi connectivity index (χ4v) is 3.21. The molecule has 0 bridgehead atoms. The Hall–Kier alpha value is -1.01. The first-order valence-electron chi connectivity index (χ1n) is 7.79. The van der Waals surface area contributed by atoms with Crippen LogP contribution in [-0.4, -0.2) is 29.3 Å². The van der Waals surface area contributed by atoms with Gasteiger partial charge in [0.25, 0.3) is 0 Å². The molecule has 0 aromatic carbocycles. The minimum atomic E-state index is -0.479. The summed E-state index contributed by atoms with van der Waals surface area (Å²) in [6, 6.07) is 2.19. The molecule has 7 heteroatoms. The van der Waals surface area contributed by atoms with E-state index in [9.17, 15) is 4.79 Å². The minimum Gasteiger partial charge on any atom is -0.444 e. The third kappa shape index (κ3) is 5.84. The van der Waals surface area contributed by atoms with E-state index in [0.717, 1.165) is 29.4 Å². The molecule has 1 aromatic heterocycles. The van der Waals surface area contributed by atoms with Crippen LogP contribution in [0.1, 0.15) is 40.0 Å². The van der Waals surface area contributed by atoms with Gasteiger partial charge in [0.1, 0.15) is 5.60 Å². The van der Waals surface area contributed by atoms with Crippen LogP contribution in [0.5, 0.6) is 0 Å². The molecule has 5 nitrogen and oxygen atoms in total. The third-order valence-electron chi connectivity index (χ3n) is 3.71. The van der Waals surface area contributed by atoms with Crippen molar-refractivity contribution in [2.24, 2.45) is 5.92 Å². The number of rotatable bonds is 4. The number of pyridine rings is 1. The summed E-state index contributed by atoms with van der Waals surface area (Å²) in [5.41, 5.74) is 0.336. The second kappa shape index (κ2) is 7.71. The van der Waals surface area contributed by atoms with Crippen LogP contribution >= 0.6 is 27.5 Å². The number of nitrogens with zero attached hydrogens (tertiary/aromatic N) is 1. The highest BCUT2D eigenvalue weighted by molar-refractivity contribution is 9.10. The fourth-order valence-electron chi connectivity index (χ4n) is 2.72. The number of halogens is 2. The molecule has 1 aliphatic carbocycles. The summed E-state index contributed by atoms with van der Waals surface area (Å²) >= 11 is 9.54. The highest BCUT2D eigenvalue weighted by Gasteiger charge is 2.28. The predicted octanol–water partition coefficient (Wildman–Crippen LogP) is 4.60. The number of alkyl carbamates (subject to hydrolysis) is 1. The average Bonchev–Trinajstić information content (AvgIpc) is 2.86. The van der Waals surface area contributed by atoms with Crippen LogP contribution in [0, 0.1) is 5.92 Å². The Bertz CT molecular complexity index is 563. The molecule has 1 aromatic rings. The second-order valence-corrected chi connectivity index (χ2v) is 8.09. The first-order valence-corrected chi connectivity index (χ1v) is 8.96. The molecule has 1 fully saturated rings. The molecule has 2 atom stereocenters. The molecule has 0 spiro atoms. The second-order valence-electron chi connectivity index (χ2n) is 6.82. The van der Waals surface area contributed by atoms with Crippen LogP contribution in [0.25, 0.3) is 0 Å². The Kier molecular flexibility index (Phi) is 6.14. The number of carbonyl (C=O) groups is 1. The van der Waals surface area contributed by atoms with E-state index >= 15 is 0 Å². The van der Waals surface area contributed by atoms with E-state index in [0.29, 0.717) is 17.6 Å². The van der Waals surface area contributed by atoms with E-state index in [2.05, 4.69) is 31.5 Å². The molecule has 1 saturated carbocycles. The summed E-state index contributed by atoms with van der Waals surface area (Å²) < 4.78 is 6.16. The van der Waals surface area contributed by atoms with Crippen LogP contribution in [0.15, 0.2) is 16.7 Å². The summed E-state index contributed by atoms with van der Waals surface area (Å²) in [7, 11) is 0. The van der Waals surface area contributed by atoms with Gasteiger partial charge in [-0.2, -0.15) is 0 Å². The number of carbonyl (C=O) groups excluding carboxylic acids is 1. The molecule has 2 rings (SSSR count). The van der Waals surface area contributed by atoms with E-state index < -0.39 is 5.60 Å². The molecule has 128 valence electrons. The summed E-state index contributed by atoms with van der Waals surface area (Å²) in [6.45, 7) is 6.16. The van der Waals surface area contributed by atoms with Crippen molar-refractivity contribution in [3.05, 3.63) is 21.9 Å². The van der Waals surface area contributed by atoms with Crippen LogP contribution in [0.3, 0.4) is 0 Å². The number of anilines is 1. The zero-order valence-electron chi connectivity index (χ0n) is 13.7. The standard InChI is InChI=1S/C16H23BrClN3O2/c1-16(2,3)23-15(22)20-8-10-5-4-6-12(10)21-13-7-11(17)9-19-14(13)18/h7,9-10,12,21H,4-6,8H2,1-3H3,(H,20,22). The summed E-state index contributed by atoms with van der Waals surface area (Å²) in [5, 5.41) is 6.78. The lowest BCUT2D eigenvalue weighted by Gasteiger charge is -2.24. The first kappa shape index (κ1) is 18.3. The van der Waals surface area contributed by atoms with Crippen LogP contribution in [0.2, 0.25) is 5.15 Å². The van der Waals surface area contributed by atoms with Gasteiger partial charge < -0.3 is 15.4 Å². The Labute approximate surface area is 150 Å².